The van der Waals surface area contributed by atoms with Crippen LogP contribution >= 0.6 is 11.8 Å². The molecule has 0 atom stereocenters. The molecule has 118 valence electrons. The minimum atomic E-state index is 0.851. The van der Waals surface area contributed by atoms with Crippen molar-refractivity contribution in [2.75, 3.05) is 38.6 Å². The van der Waals surface area contributed by atoms with Gasteiger partial charge in [0.05, 0.1) is 13.2 Å². The number of nitrogens with zero attached hydrogens (tertiary/aromatic N) is 4. The van der Waals surface area contributed by atoms with Crippen LogP contribution in [0.5, 0.6) is 0 Å². The molecule has 0 radical (unpaired) electrons. The number of ether oxygens (including phenoxy) is 1. The van der Waals surface area contributed by atoms with Crippen molar-refractivity contribution in [2.45, 2.75) is 19.0 Å². The van der Waals surface area contributed by atoms with E-state index in [9.17, 15) is 0 Å². The summed E-state index contributed by atoms with van der Waals surface area (Å²) in [5.41, 5.74) is 2.39. The highest BCUT2D eigenvalue weighted by Crippen LogP contribution is 2.22. The van der Waals surface area contributed by atoms with Gasteiger partial charge in [0.1, 0.15) is 5.82 Å². The average Bonchev–Trinajstić information content (AvgIpc) is 2.90. The first kappa shape index (κ1) is 15.5. The zero-order valence-corrected chi connectivity index (χ0v) is 14.0. The molecule has 1 fully saturated rings. The molecule has 0 saturated carbocycles. The van der Waals surface area contributed by atoms with Gasteiger partial charge in [-0.25, -0.2) is 0 Å². The second kappa shape index (κ2) is 7.26. The van der Waals surface area contributed by atoms with Gasteiger partial charge in [-0.2, -0.15) is 0 Å². The average molecular weight is 318 g/mol. The van der Waals surface area contributed by atoms with Crippen LogP contribution in [0.1, 0.15) is 11.4 Å². The lowest BCUT2D eigenvalue weighted by Gasteiger charge is -2.26. The molecule has 1 saturated heterocycles. The Morgan fingerprint density at radius 2 is 1.82 bits per heavy atom. The van der Waals surface area contributed by atoms with Gasteiger partial charge < -0.3 is 4.74 Å². The van der Waals surface area contributed by atoms with Crippen molar-refractivity contribution in [3.63, 3.8) is 0 Å². The van der Waals surface area contributed by atoms with Crippen LogP contribution in [0.15, 0.2) is 29.4 Å². The predicted octanol–water partition coefficient (Wildman–Crippen LogP) is 2.31. The Kier molecular flexibility index (Phi) is 5.12. The monoisotopic (exact) mass is 318 g/mol. The molecule has 1 aliphatic heterocycles. The first-order chi connectivity index (χ1) is 10.7. The van der Waals surface area contributed by atoms with Crippen LogP contribution in [-0.4, -0.2) is 58.3 Å². The van der Waals surface area contributed by atoms with Gasteiger partial charge >= 0.3 is 0 Å². The molecular formula is C16H22N4OS. The molecule has 2 heterocycles. The van der Waals surface area contributed by atoms with E-state index in [4.69, 9.17) is 4.74 Å². The van der Waals surface area contributed by atoms with Crippen LogP contribution < -0.4 is 0 Å². The second-order valence-electron chi connectivity index (χ2n) is 5.50. The third-order valence-corrected chi connectivity index (χ3v) is 4.74. The Morgan fingerprint density at radius 1 is 1.09 bits per heavy atom. The van der Waals surface area contributed by atoms with E-state index in [2.05, 4.69) is 50.9 Å². The van der Waals surface area contributed by atoms with Crippen LogP contribution in [0.2, 0.25) is 0 Å². The van der Waals surface area contributed by atoms with E-state index in [0.29, 0.717) is 0 Å². The van der Waals surface area contributed by atoms with Crippen molar-refractivity contribution in [1.29, 1.82) is 0 Å². The maximum absolute atomic E-state index is 5.38. The maximum Gasteiger partial charge on any atom is 0.195 e. The van der Waals surface area contributed by atoms with Crippen LogP contribution in [0, 0.1) is 13.8 Å². The Hall–Kier alpha value is -1.37. The summed E-state index contributed by atoms with van der Waals surface area (Å²) in [5, 5.41) is 9.54. The number of thioether (sulfide) groups is 1. The van der Waals surface area contributed by atoms with Gasteiger partial charge in [0.2, 0.25) is 0 Å². The molecule has 22 heavy (non-hydrogen) atoms. The zero-order chi connectivity index (χ0) is 15.4. The lowest BCUT2D eigenvalue weighted by Crippen LogP contribution is -2.37. The molecule has 0 spiro atoms. The smallest absolute Gasteiger partial charge is 0.195 e. The van der Waals surface area contributed by atoms with E-state index in [0.717, 1.165) is 55.3 Å². The van der Waals surface area contributed by atoms with E-state index >= 15 is 0 Å². The van der Waals surface area contributed by atoms with Gasteiger partial charge in [-0.15, -0.1) is 10.2 Å². The standard InChI is InChI=1S/C16H22N4OS/c1-13-3-5-15(6-4-13)20-14(2)17-18-16(20)22-12-9-19-7-10-21-11-8-19/h3-6H,7-12H2,1-2H3. The lowest BCUT2D eigenvalue weighted by molar-refractivity contribution is 0.0410. The van der Waals surface area contributed by atoms with Gasteiger partial charge in [-0.05, 0) is 26.0 Å². The van der Waals surface area contributed by atoms with E-state index in [1.54, 1.807) is 11.8 Å². The van der Waals surface area contributed by atoms with Gasteiger partial charge in [-0.1, -0.05) is 29.5 Å². The molecule has 0 N–H and O–H groups in total. The Balaban J connectivity index is 1.65. The molecule has 6 heteroatoms. The summed E-state index contributed by atoms with van der Waals surface area (Å²) in [6, 6.07) is 8.49. The minimum Gasteiger partial charge on any atom is -0.379 e. The number of rotatable bonds is 5. The van der Waals surface area contributed by atoms with Crippen molar-refractivity contribution in [3.8, 4) is 5.69 Å². The lowest BCUT2D eigenvalue weighted by atomic mass is 10.2. The van der Waals surface area contributed by atoms with E-state index < -0.39 is 0 Å². The molecule has 1 aromatic carbocycles. The summed E-state index contributed by atoms with van der Waals surface area (Å²) in [5.74, 6) is 1.95. The summed E-state index contributed by atoms with van der Waals surface area (Å²) >= 11 is 1.77. The van der Waals surface area contributed by atoms with Gasteiger partial charge in [-0.3, -0.25) is 9.47 Å². The van der Waals surface area contributed by atoms with Crippen LogP contribution in [0.3, 0.4) is 0 Å². The first-order valence-corrected chi connectivity index (χ1v) is 8.64. The third-order valence-electron chi connectivity index (χ3n) is 3.83. The van der Waals surface area contributed by atoms with Crippen molar-refractivity contribution in [1.82, 2.24) is 19.7 Å². The number of aromatic nitrogens is 3. The van der Waals surface area contributed by atoms with Crippen LogP contribution in [-0.2, 0) is 4.74 Å². The number of hydrogen-bond acceptors (Lipinski definition) is 5. The summed E-state index contributed by atoms with van der Waals surface area (Å²) in [4.78, 5) is 2.44. The largest absolute Gasteiger partial charge is 0.379 e. The van der Waals surface area contributed by atoms with Gasteiger partial charge in [0.25, 0.3) is 0 Å². The molecule has 0 unspecified atom stereocenters. The molecular weight excluding hydrogens is 296 g/mol. The summed E-state index contributed by atoms with van der Waals surface area (Å²) < 4.78 is 7.51. The van der Waals surface area contributed by atoms with E-state index in [1.165, 1.54) is 5.56 Å². The summed E-state index contributed by atoms with van der Waals surface area (Å²) in [6.07, 6.45) is 0. The van der Waals surface area contributed by atoms with E-state index in [1.807, 2.05) is 6.92 Å². The predicted molar refractivity (Wildman–Crippen MR) is 88.8 cm³/mol. The van der Waals surface area contributed by atoms with Crippen molar-refractivity contribution in [2.24, 2.45) is 0 Å². The fraction of sp³-hybridized carbons (Fsp3) is 0.500. The SMILES string of the molecule is Cc1ccc(-n2c(C)nnc2SCCN2CCOCC2)cc1. The van der Waals surface area contributed by atoms with Crippen LogP contribution in [0.4, 0.5) is 0 Å². The maximum atomic E-state index is 5.38. The molecule has 3 rings (SSSR count). The fourth-order valence-electron chi connectivity index (χ4n) is 2.52. The highest BCUT2D eigenvalue weighted by atomic mass is 32.2. The van der Waals surface area contributed by atoms with Crippen molar-refractivity contribution >= 4 is 11.8 Å². The summed E-state index contributed by atoms with van der Waals surface area (Å²) in [7, 11) is 0. The Bertz CT molecular complexity index is 605. The van der Waals surface area contributed by atoms with Gasteiger partial charge in [0, 0.05) is 31.1 Å². The highest BCUT2D eigenvalue weighted by molar-refractivity contribution is 7.99. The normalized spacial score (nSPS) is 16.1. The van der Waals surface area contributed by atoms with E-state index in [-0.39, 0.29) is 0 Å². The first-order valence-electron chi connectivity index (χ1n) is 7.66. The Labute approximate surface area is 135 Å². The second-order valence-corrected chi connectivity index (χ2v) is 6.57. The molecule has 5 nitrogen and oxygen atoms in total. The number of benzene rings is 1. The minimum absolute atomic E-state index is 0.851. The molecule has 0 aliphatic carbocycles. The summed E-state index contributed by atoms with van der Waals surface area (Å²) in [6.45, 7) is 8.93. The van der Waals surface area contributed by atoms with Crippen LogP contribution in [0.25, 0.3) is 5.69 Å². The molecule has 1 aliphatic rings. The fourth-order valence-corrected chi connectivity index (χ4v) is 3.52. The number of hydrogen-bond donors (Lipinski definition) is 0. The topological polar surface area (TPSA) is 43.2 Å². The zero-order valence-electron chi connectivity index (χ0n) is 13.2. The molecule has 1 aromatic heterocycles. The highest BCUT2D eigenvalue weighted by Gasteiger charge is 2.13. The molecule has 2 aromatic rings. The Morgan fingerprint density at radius 3 is 2.55 bits per heavy atom. The van der Waals surface area contributed by atoms with Crippen molar-refractivity contribution < 1.29 is 4.74 Å². The molecule has 0 bridgehead atoms. The molecule has 0 amide bonds. The third kappa shape index (κ3) is 3.69. The van der Waals surface area contributed by atoms with Gasteiger partial charge in [0.15, 0.2) is 5.16 Å². The quantitative estimate of drug-likeness (QED) is 0.792. The van der Waals surface area contributed by atoms with Crippen molar-refractivity contribution in [3.05, 3.63) is 35.7 Å². The number of morpholine rings is 1. The number of aryl methyl sites for hydroxylation is 2.